The largest absolute Gasteiger partial charge is 0.466 e. The number of imidazole rings is 1. The number of aryl methyl sites for hydroxylation is 1. The fraction of sp³-hybridized carbons (Fsp3) is 0.692. The average molecular weight is 252 g/mol. The minimum absolute atomic E-state index is 0.0425. The van der Waals surface area contributed by atoms with Crippen LogP contribution in [0.4, 0.5) is 0 Å². The van der Waals surface area contributed by atoms with E-state index in [1.807, 2.05) is 4.57 Å². The van der Waals surface area contributed by atoms with Crippen molar-refractivity contribution in [3.05, 3.63) is 17.7 Å². The molecule has 0 aromatic carbocycles. The van der Waals surface area contributed by atoms with Gasteiger partial charge in [0.15, 0.2) is 0 Å². The zero-order valence-electron chi connectivity index (χ0n) is 10.8. The van der Waals surface area contributed by atoms with Gasteiger partial charge in [0.2, 0.25) is 0 Å². The van der Waals surface area contributed by atoms with Gasteiger partial charge in [-0.1, -0.05) is 0 Å². The second-order valence-corrected chi connectivity index (χ2v) is 4.66. The maximum atomic E-state index is 11.3. The molecule has 5 nitrogen and oxygen atoms in total. The molecule has 1 unspecified atom stereocenters. The smallest absolute Gasteiger partial charge is 0.308 e. The number of aliphatic hydroxyl groups excluding tert-OH is 1. The number of carbonyl (C=O) groups is 1. The van der Waals surface area contributed by atoms with Crippen LogP contribution >= 0.6 is 0 Å². The molecule has 0 saturated carbocycles. The fourth-order valence-corrected chi connectivity index (χ4v) is 2.39. The first kappa shape index (κ1) is 13.1. The third kappa shape index (κ3) is 3.10. The number of hydrogen-bond acceptors (Lipinski definition) is 4. The van der Waals surface area contributed by atoms with E-state index in [-0.39, 0.29) is 12.4 Å². The Morgan fingerprint density at radius 2 is 2.33 bits per heavy atom. The van der Waals surface area contributed by atoms with Crippen molar-refractivity contribution in [2.75, 3.05) is 6.61 Å². The van der Waals surface area contributed by atoms with Crippen LogP contribution in [0.1, 0.15) is 37.6 Å². The number of aliphatic hydroxyl groups is 1. The van der Waals surface area contributed by atoms with Crippen LogP contribution in [0.2, 0.25) is 0 Å². The Morgan fingerprint density at radius 1 is 1.56 bits per heavy atom. The lowest BCUT2D eigenvalue weighted by atomic mass is 10.0. The fourth-order valence-electron chi connectivity index (χ4n) is 2.39. The summed E-state index contributed by atoms with van der Waals surface area (Å²) < 4.78 is 6.79. The molecule has 0 aliphatic heterocycles. The summed E-state index contributed by atoms with van der Waals surface area (Å²) in [6.45, 7) is 2.53. The van der Waals surface area contributed by atoms with Crippen molar-refractivity contribution in [2.24, 2.45) is 0 Å². The molecule has 5 heteroatoms. The molecule has 18 heavy (non-hydrogen) atoms. The molecular formula is C13H20N2O3. The lowest BCUT2D eigenvalue weighted by molar-refractivity contribution is -0.145. The van der Waals surface area contributed by atoms with Crippen molar-refractivity contribution in [2.45, 2.75) is 51.7 Å². The van der Waals surface area contributed by atoms with Crippen molar-refractivity contribution >= 4 is 5.97 Å². The maximum Gasteiger partial charge on any atom is 0.308 e. The minimum atomic E-state index is -0.704. The number of fused-ring (bicyclic) bond motifs is 1. The van der Waals surface area contributed by atoms with Gasteiger partial charge in [0.1, 0.15) is 0 Å². The van der Waals surface area contributed by atoms with Gasteiger partial charge in [-0.3, -0.25) is 4.79 Å². The monoisotopic (exact) mass is 252 g/mol. The standard InChI is InChI=1S/C13H20N2O3/c1-2-18-13(17)7-10(16)8-15-9-14-11-5-3-4-6-12(11)15/h9-10,16H,2-8H2,1H3. The van der Waals surface area contributed by atoms with E-state index in [1.54, 1.807) is 13.3 Å². The zero-order valence-corrected chi connectivity index (χ0v) is 10.8. The highest BCUT2D eigenvalue weighted by Crippen LogP contribution is 2.20. The van der Waals surface area contributed by atoms with Gasteiger partial charge in [-0.05, 0) is 32.6 Å². The molecule has 0 bridgehead atoms. The summed E-state index contributed by atoms with van der Waals surface area (Å²) in [5.74, 6) is -0.348. The van der Waals surface area contributed by atoms with E-state index in [4.69, 9.17) is 4.74 Å². The number of rotatable bonds is 5. The number of esters is 1. The third-order valence-corrected chi connectivity index (χ3v) is 3.22. The highest BCUT2D eigenvalue weighted by atomic mass is 16.5. The zero-order chi connectivity index (χ0) is 13.0. The van der Waals surface area contributed by atoms with Crippen LogP contribution in [0.3, 0.4) is 0 Å². The van der Waals surface area contributed by atoms with E-state index in [2.05, 4.69) is 4.98 Å². The van der Waals surface area contributed by atoms with Gasteiger partial charge >= 0.3 is 5.97 Å². The Bertz CT molecular complexity index is 414. The molecule has 0 fully saturated rings. The molecule has 1 atom stereocenters. The van der Waals surface area contributed by atoms with Crippen molar-refractivity contribution in [1.29, 1.82) is 0 Å². The number of aromatic nitrogens is 2. The lowest BCUT2D eigenvalue weighted by Crippen LogP contribution is -2.22. The Morgan fingerprint density at radius 3 is 3.11 bits per heavy atom. The lowest BCUT2D eigenvalue weighted by Gasteiger charge is -2.16. The van der Waals surface area contributed by atoms with E-state index < -0.39 is 6.10 Å². The van der Waals surface area contributed by atoms with E-state index in [0.29, 0.717) is 13.2 Å². The van der Waals surface area contributed by atoms with E-state index in [0.717, 1.165) is 18.5 Å². The summed E-state index contributed by atoms with van der Waals surface area (Å²) in [5.41, 5.74) is 2.36. The second-order valence-electron chi connectivity index (χ2n) is 4.66. The Labute approximate surface area is 107 Å². The molecule has 0 spiro atoms. The van der Waals surface area contributed by atoms with Gasteiger partial charge in [0, 0.05) is 5.69 Å². The molecule has 1 N–H and O–H groups in total. The molecule has 1 heterocycles. The highest BCUT2D eigenvalue weighted by Gasteiger charge is 2.18. The Kier molecular flexibility index (Phi) is 4.36. The van der Waals surface area contributed by atoms with E-state index in [9.17, 15) is 9.90 Å². The number of ether oxygens (including phenoxy) is 1. The Balaban J connectivity index is 1.92. The van der Waals surface area contributed by atoms with Crippen molar-refractivity contribution in [1.82, 2.24) is 9.55 Å². The van der Waals surface area contributed by atoms with Crippen LogP contribution < -0.4 is 0 Å². The van der Waals surface area contributed by atoms with Gasteiger partial charge in [-0.25, -0.2) is 4.98 Å². The van der Waals surface area contributed by atoms with Crippen LogP contribution in [0.25, 0.3) is 0 Å². The van der Waals surface area contributed by atoms with Crippen LogP contribution in [0.5, 0.6) is 0 Å². The predicted octanol–water partition coefficient (Wildman–Crippen LogP) is 1.08. The predicted molar refractivity (Wildman–Crippen MR) is 66.1 cm³/mol. The van der Waals surface area contributed by atoms with E-state index in [1.165, 1.54) is 18.5 Å². The summed E-state index contributed by atoms with van der Waals surface area (Å²) >= 11 is 0. The molecule has 1 aromatic rings. The first-order valence-corrected chi connectivity index (χ1v) is 6.57. The Hall–Kier alpha value is -1.36. The number of nitrogens with zero attached hydrogens (tertiary/aromatic N) is 2. The first-order valence-electron chi connectivity index (χ1n) is 6.57. The van der Waals surface area contributed by atoms with E-state index >= 15 is 0 Å². The molecule has 1 aliphatic carbocycles. The maximum absolute atomic E-state index is 11.3. The summed E-state index contributed by atoms with van der Waals surface area (Å²) in [7, 11) is 0. The minimum Gasteiger partial charge on any atom is -0.466 e. The van der Waals surface area contributed by atoms with Crippen molar-refractivity contribution in [3.8, 4) is 0 Å². The molecule has 0 radical (unpaired) electrons. The van der Waals surface area contributed by atoms with Gasteiger partial charge in [-0.2, -0.15) is 0 Å². The summed E-state index contributed by atoms with van der Waals surface area (Å²) in [5, 5.41) is 9.87. The molecular weight excluding hydrogens is 232 g/mol. The van der Waals surface area contributed by atoms with Crippen LogP contribution in [0.15, 0.2) is 6.33 Å². The van der Waals surface area contributed by atoms with Gasteiger partial charge in [0.05, 0.1) is 37.7 Å². The highest BCUT2D eigenvalue weighted by molar-refractivity contribution is 5.69. The third-order valence-electron chi connectivity index (χ3n) is 3.22. The van der Waals surface area contributed by atoms with Crippen LogP contribution in [0, 0.1) is 0 Å². The number of carbonyl (C=O) groups excluding carboxylic acids is 1. The molecule has 2 rings (SSSR count). The van der Waals surface area contributed by atoms with Gasteiger partial charge in [-0.15, -0.1) is 0 Å². The number of hydrogen-bond donors (Lipinski definition) is 1. The molecule has 0 amide bonds. The van der Waals surface area contributed by atoms with Crippen molar-refractivity contribution < 1.29 is 14.6 Å². The van der Waals surface area contributed by atoms with Crippen LogP contribution in [-0.2, 0) is 28.9 Å². The topological polar surface area (TPSA) is 64.3 Å². The van der Waals surface area contributed by atoms with Crippen molar-refractivity contribution in [3.63, 3.8) is 0 Å². The second kappa shape index (κ2) is 6.00. The summed E-state index contributed by atoms with van der Waals surface area (Å²) in [6.07, 6.45) is 5.51. The normalized spacial score (nSPS) is 16.1. The first-order chi connectivity index (χ1) is 8.70. The average Bonchev–Trinajstić information content (AvgIpc) is 2.73. The summed E-state index contributed by atoms with van der Waals surface area (Å²) in [6, 6.07) is 0. The van der Waals surface area contributed by atoms with Crippen LogP contribution in [-0.4, -0.2) is 33.3 Å². The SMILES string of the molecule is CCOC(=O)CC(O)Cn1cnc2c1CCCC2. The summed E-state index contributed by atoms with van der Waals surface area (Å²) in [4.78, 5) is 15.6. The molecule has 100 valence electrons. The van der Waals surface area contributed by atoms with Gasteiger partial charge in [0.25, 0.3) is 0 Å². The quantitative estimate of drug-likeness (QED) is 0.796. The molecule has 1 aromatic heterocycles. The molecule has 1 aliphatic rings. The van der Waals surface area contributed by atoms with Gasteiger partial charge < -0.3 is 14.4 Å². The molecule has 0 saturated heterocycles.